The summed E-state index contributed by atoms with van der Waals surface area (Å²) in [6.07, 6.45) is 0. The van der Waals surface area contributed by atoms with E-state index in [0.29, 0.717) is 16.1 Å². The zero-order valence-corrected chi connectivity index (χ0v) is 16.0. The van der Waals surface area contributed by atoms with Gasteiger partial charge in [-0.1, -0.05) is 29.3 Å². The predicted octanol–water partition coefficient (Wildman–Crippen LogP) is 4.58. The second-order valence-electron chi connectivity index (χ2n) is 6.99. The molecule has 5 heteroatoms. The molecule has 25 heavy (non-hydrogen) atoms. The highest BCUT2D eigenvalue weighted by Gasteiger charge is 2.33. The summed E-state index contributed by atoms with van der Waals surface area (Å²) in [5.41, 5.74) is 1.51. The first-order chi connectivity index (χ1) is 11.6. The molecule has 0 saturated carbocycles. The van der Waals surface area contributed by atoms with E-state index in [9.17, 15) is 9.59 Å². The van der Waals surface area contributed by atoms with Crippen LogP contribution in [0.15, 0.2) is 48.5 Å². The van der Waals surface area contributed by atoms with Gasteiger partial charge in [-0.15, -0.1) is 0 Å². The molecular formula is C20H23ClN2O2. The maximum atomic E-state index is 13.0. The van der Waals surface area contributed by atoms with Gasteiger partial charge in [0, 0.05) is 23.2 Å². The van der Waals surface area contributed by atoms with E-state index in [0.717, 1.165) is 5.56 Å². The molecule has 0 aliphatic heterocycles. The van der Waals surface area contributed by atoms with Crippen molar-refractivity contribution in [2.75, 3.05) is 7.05 Å². The fourth-order valence-electron chi connectivity index (χ4n) is 2.58. The van der Waals surface area contributed by atoms with Gasteiger partial charge in [0.1, 0.15) is 0 Å². The maximum Gasteiger partial charge on any atom is 0.272 e. The molecule has 0 aliphatic carbocycles. The number of benzene rings is 2. The minimum Gasteiger partial charge on any atom is -0.267 e. The van der Waals surface area contributed by atoms with Crippen LogP contribution in [0.2, 0.25) is 5.02 Å². The monoisotopic (exact) mass is 358 g/mol. The lowest BCUT2D eigenvalue weighted by Crippen LogP contribution is -2.56. The zero-order chi connectivity index (χ0) is 18.8. The van der Waals surface area contributed by atoms with E-state index in [1.165, 1.54) is 10.0 Å². The molecule has 0 heterocycles. The molecule has 2 aromatic rings. The molecule has 0 unspecified atom stereocenters. The van der Waals surface area contributed by atoms with Crippen molar-refractivity contribution in [1.29, 1.82) is 0 Å². The molecule has 0 aliphatic rings. The molecular weight excluding hydrogens is 336 g/mol. The van der Waals surface area contributed by atoms with Crippen LogP contribution in [-0.4, -0.2) is 34.4 Å². The van der Waals surface area contributed by atoms with Crippen molar-refractivity contribution in [1.82, 2.24) is 10.0 Å². The number of aryl methyl sites for hydroxylation is 1. The van der Waals surface area contributed by atoms with Gasteiger partial charge in [-0.05, 0) is 64.1 Å². The number of hydrogen-bond acceptors (Lipinski definition) is 2. The van der Waals surface area contributed by atoms with Gasteiger partial charge in [0.05, 0.1) is 5.54 Å². The van der Waals surface area contributed by atoms with Crippen LogP contribution in [0.1, 0.15) is 47.1 Å². The summed E-state index contributed by atoms with van der Waals surface area (Å²) in [7, 11) is 1.61. The van der Waals surface area contributed by atoms with Gasteiger partial charge in [0.15, 0.2) is 0 Å². The summed E-state index contributed by atoms with van der Waals surface area (Å²) >= 11 is 5.88. The zero-order valence-electron chi connectivity index (χ0n) is 15.2. The minimum atomic E-state index is -0.571. The van der Waals surface area contributed by atoms with Gasteiger partial charge < -0.3 is 0 Å². The number of halogens is 1. The van der Waals surface area contributed by atoms with Crippen molar-refractivity contribution in [3.05, 3.63) is 70.2 Å². The highest BCUT2D eigenvalue weighted by molar-refractivity contribution is 6.30. The molecule has 0 fully saturated rings. The van der Waals surface area contributed by atoms with Gasteiger partial charge in [-0.25, -0.2) is 10.0 Å². The van der Waals surface area contributed by atoms with Crippen LogP contribution in [0.25, 0.3) is 0 Å². The molecule has 0 saturated heterocycles. The minimum absolute atomic E-state index is 0.225. The second-order valence-corrected chi connectivity index (χ2v) is 7.43. The Balaban J connectivity index is 2.36. The van der Waals surface area contributed by atoms with Crippen molar-refractivity contribution < 1.29 is 9.59 Å². The topological polar surface area (TPSA) is 40.6 Å². The maximum absolute atomic E-state index is 13.0. The molecule has 132 valence electrons. The van der Waals surface area contributed by atoms with E-state index in [1.807, 2.05) is 39.8 Å². The normalized spacial score (nSPS) is 11.1. The van der Waals surface area contributed by atoms with Gasteiger partial charge in [0.2, 0.25) is 0 Å². The summed E-state index contributed by atoms with van der Waals surface area (Å²) in [5, 5.41) is 3.41. The highest BCUT2D eigenvalue weighted by atomic mass is 35.5. The Kier molecular flexibility index (Phi) is 5.53. The molecule has 0 bridgehead atoms. The molecule has 0 N–H and O–H groups in total. The fourth-order valence-corrected chi connectivity index (χ4v) is 2.71. The first kappa shape index (κ1) is 19.0. The largest absolute Gasteiger partial charge is 0.272 e. The quantitative estimate of drug-likeness (QED) is 0.737. The Hall–Kier alpha value is -2.33. The third-order valence-electron chi connectivity index (χ3n) is 3.81. The molecule has 4 nitrogen and oxygen atoms in total. The Morgan fingerprint density at radius 2 is 1.28 bits per heavy atom. The van der Waals surface area contributed by atoms with E-state index in [4.69, 9.17) is 11.6 Å². The number of carbonyl (C=O) groups excluding carboxylic acids is 2. The molecule has 0 aromatic heterocycles. The first-order valence-electron chi connectivity index (χ1n) is 8.06. The van der Waals surface area contributed by atoms with E-state index in [-0.39, 0.29) is 11.8 Å². The van der Waals surface area contributed by atoms with E-state index >= 15 is 0 Å². The van der Waals surface area contributed by atoms with E-state index in [1.54, 1.807) is 43.4 Å². The van der Waals surface area contributed by atoms with Crippen LogP contribution in [-0.2, 0) is 0 Å². The lowest BCUT2D eigenvalue weighted by atomic mass is 10.1. The van der Waals surface area contributed by atoms with E-state index < -0.39 is 5.54 Å². The van der Waals surface area contributed by atoms with Gasteiger partial charge >= 0.3 is 0 Å². The number of amides is 2. The van der Waals surface area contributed by atoms with Crippen LogP contribution in [0.5, 0.6) is 0 Å². The summed E-state index contributed by atoms with van der Waals surface area (Å²) in [4.78, 5) is 25.9. The fraction of sp³-hybridized carbons (Fsp3) is 0.300. The lowest BCUT2D eigenvalue weighted by molar-refractivity contribution is -0.0308. The highest BCUT2D eigenvalue weighted by Crippen LogP contribution is 2.22. The summed E-state index contributed by atoms with van der Waals surface area (Å²) in [5.74, 6) is -0.496. The van der Waals surface area contributed by atoms with E-state index in [2.05, 4.69) is 0 Å². The average Bonchev–Trinajstić information content (AvgIpc) is 2.54. The van der Waals surface area contributed by atoms with Crippen molar-refractivity contribution in [3.63, 3.8) is 0 Å². The summed E-state index contributed by atoms with van der Waals surface area (Å²) in [6.45, 7) is 7.65. The molecule has 2 aromatic carbocycles. The van der Waals surface area contributed by atoms with Gasteiger partial charge in [-0.3, -0.25) is 9.59 Å². The van der Waals surface area contributed by atoms with Crippen molar-refractivity contribution in [2.24, 2.45) is 0 Å². The average molecular weight is 359 g/mol. The second kappa shape index (κ2) is 7.28. The Morgan fingerprint density at radius 1 is 0.840 bits per heavy atom. The molecule has 2 amide bonds. The number of hydrazine groups is 1. The first-order valence-corrected chi connectivity index (χ1v) is 8.44. The SMILES string of the molecule is Cc1ccc(C(=O)N(N(C)C(=O)c2ccc(Cl)cc2)C(C)(C)C)cc1. The number of nitrogens with zero attached hydrogens (tertiary/aromatic N) is 2. The van der Waals surface area contributed by atoms with Crippen LogP contribution >= 0.6 is 11.6 Å². The summed E-state index contributed by atoms with van der Waals surface area (Å²) < 4.78 is 0. The standard InChI is InChI=1S/C20H23ClN2O2/c1-14-6-8-16(9-7-14)19(25)23(20(2,3)4)22(5)18(24)15-10-12-17(21)13-11-15/h6-13H,1-5H3. The van der Waals surface area contributed by atoms with Crippen LogP contribution in [0, 0.1) is 6.92 Å². The smallest absolute Gasteiger partial charge is 0.267 e. The Labute approximate surface area is 154 Å². The van der Waals surface area contributed by atoms with Gasteiger partial charge in [0.25, 0.3) is 11.8 Å². The molecule has 2 rings (SSSR count). The van der Waals surface area contributed by atoms with Crippen LogP contribution in [0.3, 0.4) is 0 Å². The third-order valence-corrected chi connectivity index (χ3v) is 4.06. The van der Waals surface area contributed by atoms with Gasteiger partial charge in [-0.2, -0.15) is 0 Å². The summed E-state index contributed by atoms with van der Waals surface area (Å²) in [6, 6.07) is 13.9. The van der Waals surface area contributed by atoms with Crippen molar-refractivity contribution in [2.45, 2.75) is 33.2 Å². The molecule has 0 spiro atoms. The number of carbonyl (C=O) groups is 2. The van der Waals surface area contributed by atoms with Crippen molar-refractivity contribution in [3.8, 4) is 0 Å². The number of hydrogen-bond donors (Lipinski definition) is 0. The predicted molar refractivity (Wildman–Crippen MR) is 101 cm³/mol. The van der Waals surface area contributed by atoms with Crippen molar-refractivity contribution >= 4 is 23.4 Å². The molecule has 0 atom stereocenters. The molecule has 0 radical (unpaired) electrons. The Morgan fingerprint density at radius 3 is 1.76 bits per heavy atom. The lowest BCUT2D eigenvalue weighted by Gasteiger charge is -2.41. The third kappa shape index (κ3) is 4.40. The number of rotatable bonds is 2. The van der Waals surface area contributed by atoms with Crippen LogP contribution < -0.4 is 0 Å². The van der Waals surface area contributed by atoms with Crippen LogP contribution in [0.4, 0.5) is 0 Å². The Bertz CT molecular complexity index is 762.